The largest absolute Gasteiger partial charge is 0.506 e. The number of rotatable bonds is 1. The van der Waals surface area contributed by atoms with Crippen molar-refractivity contribution in [2.75, 3.05) is 11.5 Å². The first kappa shape index (κ1) is 9.97. The standard InChI is InChI=1S/C9H10N6O/c10-7-13-8(11)15(9(12)14-7)5-3-1-2-4-6(5)16/h1-4,16H,(H5,10,11,12,13,14). The summed E-state index contributed by atoms with van der Waals surface area (Å²) in [5.41, 5.74) is 11.1. The van der Waals surface area contributed by atoms with Crippen molar-refractivity contribution in [2.24, 2.45) is 0 Å². The van der Waals surface area contributed by atoms with Gasteiger partial charge in [0.05, 0.1) is 5.69 Å². The Hall–Kier alpha value is -2.57. The van der Waals surface area contributed by atoms with E-state index in [1.807, 2.05) is 0 Å². The van der Waals surface area contributed by atoms with Gasteiger partial charge in [-0.3, -0.25) is 5.41 Å². The predicted molar refractivity (Wildman–Crippen MR) is 57.7 cm³/mol. The number of nitrogens with two attached hydrogens (primary N) is 2. The van der Waals surface area contributed by atoms with E-state index in [0.717, 1.165) is 0 Å². The lowest BCUT2D eigenvalue weighted by Crippen LogP contribution is -2.26. The minimum Gasteiger partial charge on any atom is -0.506 e. The number of hydrogen-bond acceptors (Lipinski definition) is 6. The lowest BCUT2D eigenvalue weighted by Gasteiger charge is -2.10. The lowest BCUT2D eigenvalue weighted by molar-refractivity contribution is 0.471. The molecule has 0 fully saturated rings. The van der Waals surface area contributed by atoms with Crippen molar-refractivity contribution in [3.63, 3.8) is 0 Å². The lowest BCUT2D eigenvalue weighted by atomic mass is 10.3. The second-order valence-corrected chi connectivity index (χ2v) is 3.09. The van der Waals surface area contributed by atoms with Gasteiger partial charge in [-0.2, -0.15) is 9.97 Å². The molecule has 7 heteroatoms. The molecule has 6 N–H and O–H groups in total. The molecule has 82 valence electrons. The molecule has 0 unspecified atom stereocenters. The fourth-order valence-corrected chi connectivity index (χ4v) is 1.35. The van der Waals surface area contributed by atoms with Gasteiger partial charge < -0.3 is 16.6 Å². The van der Waals surface area contributed by atoms with Crippen LogP contribution in [-0.2, 0) is 0 Å². The average Bonchev–Trinajstić information content (AvgIpc) is 2.19. The van der Waals surface area contributed by atoms with Crippen LogP contribution in [0.3, 0.4) is 0 Å². The fraction of sp³-hybridized carbons (Fsp3) is 0. The molecule has 0 saturated carbocycles. The Morgan fingerprint density at radius 2 is 1.88 bits per heavy atom. The highest BCUT2D eigenvalue weighted by atomic mass is 16.3. The maximum atomic E-state index is 9.64. The molecule has 16 heavy (non-hydrogen) atoms. The van der Waals surface area contributed by atoms with E-state index in [1.165, 1.54) is 10.6 Å². The van der Waals surface area contributed by atoms with E-state index >= 15 is 0 Å². The molecule has 1 heterocycles. The van der Waals surface area contributed by atoms with E-state index in [1.54, 1.807) is 18.2 Å². The molecule has 0 saturated heterocycles. The fourth-order valence-electron chi connectivity index (χ4n) is 1.35. The Kier molecular flexibility index (Phi) is 2.20. The molecule has 2 rings (SSSR count). The zero-order valence-electron chi connectivity index (χ0n) is 8.25. The van der Waals surface area contributed by atoms with E-state index in [-0.39, 0.29) is 23.3 Å². The number of nitrogens with zero attached hydrogens (tertiary/aromatic N) is 3. The third-order valence-corrected chi connectivity index (χ3v) is 2.01. The Morgan fingerprint density at radius 3 is 2.50 bits per heavy atom. The Labute approximate surface area is 90.5 Å². The molecule has 0 atom stereocenters. The van der Waals surface area contributed by atoms with Crippen LogP contribution in [0.2, 0.25) is 0 Å². The molecular formula is C9H10N6O. The summed E-state index contributed by atoms with van der Waals surface area (Å²) < 4.78 is 1.20. The number of benzene rings is 1. The van der Waals surface area contributed by atoms with Crippen molar-refractivity contribution in [2.45, 2.75) is 0 Å². The molecule has 2 aromatic rings. The second-order valence-electron chi connectivity index (χ2n) is 3.09. The van der Waals surface area contributed by atoms with Crippen molar-refractivity contribution in [1.29, 1.82) is 5.41 Å². The van der Waals surface area contributed by atoms with Gasteiger partial charge in [-0.15, -0.1) is 0 Å². The molecule has 1 aromatic heterocycles. The number of aromatic nitrogens is 3. The van der Waals surface area contributed by atoms with Crippen LogP contribution >= 0.6 is 0 Å². The van der Waals surface area contributed by atoms with Crippen LogP contribution in [0.5, 0.6) is 5.75 Å². The molecule has 0 amide bonds. The number of para-hydroxylation sites is 2. The van der Waals surface area contributed by atoms with Crippen LogP contribution in [0.25, 0.3) is 5.69 Å². The van der Waals surface area contributed by atoms with Crippen molar-refractivity contribution in [3.05, 3.63) is 29.9 Å². The molecule has 0 aliphatic rings. The topological polar surface area (TPSA) is 127 Å². The Balaban J connectivity index is 2.75. The number of hydrogen-bond donors (Lipinski definition) is 4. The van der Waals surface area contributed by atoms with Crippen LogP contribution in [0.1, 0.15) is 0 Å². The number of nitrogen functional groups attached to an aromatic ring is 2. The minimum atomic E-state index is -0.188. The van der Waals surface area contributed by atoms with E-state index in [2.05, 4.69) is 9.97 Å². The van der Waals surface area contributed by atoms with Crippen LogP contribution in [0.4, 0.5) is 11.9 Å². The number of phenolic OH excluding ortho intramolecular Hbond substituents is 1. The zero-order valence-corrected chi connectivity index (χ0v) is 8.25. The summed E-state index contributed by atoms with van der Waals surface area (Å²) in [5.74, 6) is -0.0887. The number of nitrogens with one attached hydrogen (secondary N) is 1. The maximum absolute atomic E-state index is 9.64. The molecule has 0 bridgehead atoms. The molecule has 1 aromatic carbocycles. The van der Waals surface area contributed by atoms with E-state index in [4.69, 9.17) is 16.9 Å². The quantitative estimate of drug-likeness (QED) is 0.518. The summed E-state index contributed by atoms with van der Waals surface area (Å²) in [6.45, 7) is 0. The van der Waals surface area contributed by atoms with Gasteiger partial charge in [0.1, 0.15) is 5.75 Å². The van der Waals surface area contributed by atoms with Gasteiger partial charge in [-0.25, -0.2) is 4.57 Å². The molecule has 0 spiro atoms. The van der Waals surface area contributed by atoms with E-state index < -0.39 is 0 Å². The number of anilines is 2. The molecule has 0 radical (unpaired) electrons. The molecule has 0 aliphatic carbocycles. The zero-order chi connectivity index (χ0) is 11.7. The van der Waals surface area contributed by atoms with Gasteiger partial charge in [0.2, 0.25) is 17.5 Å². The molecule has 7 nitrogen and oxygen atoms in total. The first-order valence-corrected chi connectivity index (χ1v) is 4.44. The van der Waals surface area contributed by atoms with Gasteiger partial charge in [0.15, 0.2) is 0 Å². The van der Waals surface area contributed by atoms with Gasteiger partial charge in [-0.1, -0.05) is 12.1 Å². The SMILES string of the molecule is N=c1nc(N)nc(N)n1-c1ccccc1O. The highest BCUT2D eigenvalue weighted by Crippen LogP contribution is 2.20. The maximum Gasteiger partial charge on any atom is 0.232 e. The summed E-state index contributed by atoms with van der Waals surface area (Å²) in [5, 5.41) is 17.3. The first-order chi connectivity index (χ1) is 7.59. The number of aromatic hydroxyl groups is 1. The van der Waals surface area contributed by atoms with Crippen LogP contribution in [0, 0.1) is 5.41 Å². The minimum absolute atomic E-state index is 0.000926. The third-order valence-electron chi connectivity index (χ3n) is 2.01. The van der Waals surface area contributed by atoms with Gasteiger partial charge in [0, 0.05) is 0 Å². The second kappa shape index (κ2) is 3.54. The predicted octanol–water partition coefficient (Wildman–Crippen LogP) is -0.383. The summed E-state index contributed by atoms with van der Waals surface area (Å²) in [6, 6.07) is 6.45. The first-order valence-electron chi connectivity index (χ1n) is 4.44. The monoisotopic (exact) mass is 218 g/mol. The Bertz CT molecular complexity index is 591. The van der Waals surface area contributed by atoms with Crippen molar-refractivity contribution in [1.82, 2.24) is 14.5 Å². The average molecular weight is 218 g/mol. The van der Waals surface area contributed by atoms with Crippen LogP contribution in [-0.4, -0.2) is 19.6 Å². The van der Waals surface area contributed by atoms with Gasteiger partial charge in [-0.05, 0) is 12.1 Å². The van der Waals surface area contributed by atoms with Crippen LogP contribution < -0.4 is 17.1 Å². The third kappa shape index (κ3) is 1.54. The van der Waals surface area contributed by atoms with E-state index in [0.29, 0.717) is 5.69 Å². The highest BCUT2D eigenvalue weighted by Gasteiger charge is 2.08. The molecule has 0 aliphatic heterocycles. The summed E-state index contributed by atoms with van der Waals surface area (Å²) >= 11 is 0. The van der Waals surface area contributed by atoms with E-state index in [9.17, 15) is 5.11 Å². The highest BCUT2D eigenvalue weighted by molar-refractivity contribution is 5.49. The molecular weight excluding hydrogens is 208 g/mol. The van der Waals surface area contributed by atoms with Crippen molar-refractivity contribution >= 4 is 11.9 Å². The summed E-state index contributed by atoms with van der Waals surface area (Å²) in [4.78, 5) is 7.39. The number of phenols is 1. The summed E-state index contributed by atoms with van der Waals surface area (Å²) in [6.07, 6.45) is 0. The smallest absolute Gasteiger partial charge is 0.232 e. The van der Waals surface area contributed by atoms with Crippen molar-refractivity contribution in [3.8, 4) is 11.4 Å². The van der Waals surface area contributed by atoms with Gasteiger partial charge >= 0.3 is 0 Å². The normalized spacial score (nSPS) is 10.2. The Morgan fingerprint density at radius 1 is 1.19 bits per heavy atom. The summed E-state index contributed by atoms with van der Waals surface area (Å²) in [7, 11) is 0. The van der Waals surface area contributed by atoms with Crippen molar-refractivity contribution < 1.29 is 5.11 Å². The van der Waals surface area contributed by atoms with Gasteiger partial charge in [0.25, 0.3) is 0 Å². The van der Waals surface area contributed by atoms with Crippen LogP contribution in [0.15, 0.2) is 24.3 Å².